The predicted molar refractivity (Wildman–Crippen MR) is 142 cm³/mol. The van der Waals surface area contributed by atoms with Crippen LogP contribution in [0.4, 0.5) is 0 Å². The van der Waals surface area contributed by atoms with E-state index in [1.165, 1.54) is 7.11 Å². The monoisotopic (exact) mass is 532 g/mol. The zero-order valence-electron chi connectivity index (χ0n) is 21.1. The number of hydrogen-bond donors (Lipinski definition) is 1. The van der Waals surface area contributed by atoms with Gasteiger partial charge in [0.15, 0.2) is 9.84 Å². The van der Waals surface area contributed by atoms with Gasteiger partial charge in [-0.1, -0.05) is 36.6 Å². The fraction of sp³-hybridized carbons (Fsp3) is 0.407. The molecular weight excluding hydrogens is 500 g/mol. The van der Waals surface area contributed by atoms with Crippen LogP contribution >= 0.6 is 11.6 Å². The quantitative estimate of drug-likeness (QED) is 0.259. The van der Waals surface area contributed by atoms with Crippen LogP contribution in [0.3, 0.4) is 0 Å². The highest BCUT2D eigenvalue weighted by Crippen LogP contribution is 2.28. The van der Waals surface area contributed by atoms with Crippen molar-refractivity contribution in [2.45, 2.75) is 56.9 Å². The molecule has 9 heteroatoms. The van der Waals surface area contributed by atoms with Gasteiger partial charge in [0.2, 0.25) is 0 Å². The van der Waals surface area contributed by atoms with Crippen LogP contribution in [0.25, 0.3) is 10.9 Å². The molecule has 7 nitrogen and oxygen atoms in total. The number of unbranched alkanes of at least 4 members (excludes halogenated alkanes) is 3. The van der Waals surface area contributed by atoms with E-state index in [1.54, 1.807) is 30.3 Å². The molecule has 3 aromatic rings. The van der Waals surface area contributed by atoms with Gasteiger partial charge >= 0.3 is 5.97 Å². The third kappa shape index (κ3) is 6.68. The maximum absolute atomic E-state index is 13.0. The first-order valence-corrected chi connectivity index (χ1v) is 14.0. The van der Waals surface area contributed by atoms with E-state index in [0.29, 0.717) is 30.0 Å². The summed E-state index contributed by atoms with van der Waals surface area (Å²) in [6.07, 6.45) is 3.09. The Morgan fingerprint density at radius 2 is 1.72 bits per heavy atom. The first-order valence-electron chi connectivity index (χ1n) is 12.0. The second-order valence-corrected chi connectivity index (χ2v) is 11.6. The van der Waals surface area contributed by atoms with Gasteiger partial charge in [-0.2, -0.15) is 0 Å². The van der Waals surface area contributed by atoms with Crippen LogP contribution in [0.5, 0.6) is 0 Å². The molecule has 0 saturated heterocycles. The molecule has 0 aliphatic rings. The number of benzene rings is 2. The number of esters is 1. The van der Waals surface area contributed by atoms with Crippen molar-refractivity contribution >= 4 is 44.2 Å². The maximum Gasteiger partial charge on any atom is 0.305 e. The average molecular weight is 533 g/mol. The predicted octanol–water partition coefficient (Wildman–Crippen LogP) is 5.53. The molecule has 1 aromatic heterocycles. The fourth-order valence-corrected chi connectivity index (χ4v) is 5.88. The Morgan fingerprint density at radius 1 is 1.06 bits per heavy atom. The van der Waals surface area contributed by atoms with Gasteiger partial charge in [-0.15, -0.1) is 0 Å². The molecule has 1 amide bonds. The van der Waals surface area contributed by atoms with Crippen LogP contribution in [-0.4, -0.2) is 37.7 Å². The molecule has 0 aliphatic heterocycles. The minimum absolute atomic E-state index is 0.0555. The molecule has 0 radical (unpaired) electrons. The molecule has 1 N–H and O–H groups in total. The lowest BCUT2D eigenvalue weighted by Crippen LogP contribution is -2.28. The van der Waals surface area contributed by atoms with E-state index in [1.807, 2.05) is 37.6 Å². The van der Waals surface area contributed by atoms with Crippen LogP contribution in [0.15, 0.2) is 47.4 Å². The molecular formula is C27H33ClN2O5S. The van der Waals surface area contributed by atoms with Gasteiger partial charge in [0.05, 0.1) is 34.3 Å². The SMILES string of the molecule is COC(=O)CCCCCCS(=O)(=O)c1ccc([C@@H](C)NC(=O)c2cc3c(Cl)cc(C)cc3n2C)cc1. The lowest BCUT2D eigenvalue weighted by atomic mass is 10.1. The van der Waals surface area contributed by atoms with E-state index >= 15 is 0 Å². The zero-order chi connectivity index (χ0) is 26.5. The Balaban J connectivity index is 1.59. The van der Waals surface area contributed by atoms with Crippen LogP contribution in [0.1, 0.15) is 66.7 Å². The number of halogens is 1. The van der Waals surface area contributed by atoms with Crippen molar-refractivity contribution in [3.05, 3.63) is 64.3 Å². The number of carbonyl (C=O) groups is 2. The molecule has 1 atom stereocenters. The zero-order valence-corrected chi connectivity index (χ0v) is 22.7. The highest BCUT2D eigenvalue weighted by Gasteiger charge is 2.19. The first-order chi connectivity index (χ1) is 17.0. The van der Waals surface area contributed by atoms with Crippen LogP contribution in [-0.2, 0) is 26.4 Å². The normalized spacial score (nSPS) is 12.5. The van der Waals surface area contributed by atoms with Gasteiger partial charge in [0, 0.05) is 18.9 Å². The summed E-state index contributed by atoms with van der Waals surface area (Å²) in [6, 6.07) is 12.0. The second-order valence-electron chi connectivity index (χ2n) is 9.09. The fourth-order valence-electron chi connectivity index (χ4n) is 4.19. The van der Waals surface area contributed by atoms with Crippen LogP contribution < -0.4 is 5.32 Å². The van der Waals surface area contributed by atoms with Gasteiger partial charge in [0.25, 0.3) is 5.91 Å². The lowest BCUT2D eigenvalue weighted by molar-refractivity contribution is -0.140. The number of hydrogen-bond acceptors (Lipinski definition) is 5. The number of rotatable bonds is 11. The smallest absolute Gasteiger partial charge is 0.305 e. The van der Waals surface area contributed by atoms with E-state index in [2.05, 4.69) is 10.1 Å². The van der Waals surface area contributed by atoms with Crippen molar-refractivity contribution in [1.29, 1.82) is 0 Å². The molecule has 0 saturated carbocycles. The highest BCUT2D eigenvalue weighted by atomic mass is 35.5. The molecule has 1 heterocycles. The minimum Gasteiger partial charge on any atom is -0.469 e. The molecule has 0 aliphatic carbocycles. The van der Waals surface area contributed by atoms with Crippen molar-refractivity contribution < 1.29 is 22.7 Å². The van der Waals surface area contributed by atoms with Gasteiger partial charge in [0.1, 0.15) is 5.69 Å². The van der Waals surface area contributed by atoms with Crippen molar-refractivity contribution in [3.8, 4) is 0 Å². The number of nitrogens with one attached hydrogen (secondary N) is 1. The summed E-state index contributed by atoms with van der Waals surface area (Å²) in [5, 5.41) is 4.41. The number of aryl methyl sites for hydroxylation is 2. The van der Waals surface area contributed by atoms with E-state index in [0.717, 1.165) is 34.9 Å². The van der Waals surface area contributed by atoms with Crippen molar-refractivity contribution in [1.82, 2.24) is 9.88 Å². The van der Waals surface area contributed by atoms with Crippen molar-refractivity contribution in [2.75, 3.05) is 12.9 Å². The summed E-state index contributed by atoms with van der Waals surface area (Å²) in [6.45, 7) is 3.81. The highest BCUT2D eigenvalue weighted by molar-refractivity contribution is 7.91. The molecule has 0 unspecified atom stereocenters. The standard InChI is InChI=1S/C27H33ClN2O5S/c1-18-15-23(28)22-17-25(30(3)24(22)16-18)27(32)29-19(2)20-10-12-21(13-11-20)36(33,34)14-8-6-5-7-9-26(31)35-4/h10-13,15-17,19H,5-9,14H2,1-4H3,(H,29,32)/t19-/m1/s1. The summed E-state index contributed by atoms with van der Waals surface area (Å²) < 4.78 is 31.8. The number of amides is 1. The summed E-state index contributed by atoms with van der Waals surface area (Å²) >= 11 is 6.37. The van der Waals surface area contributed by atoms with Gasteiger partial charge in [-0.25, -0.2) is 8.42 Å². The van der Waals surface area contributed by atoms with Gasteiger partial charge in [-0.3, -0.25) is 9.59 Å². The summed E-state index contributed by atoms with van der Waals surface area (Å²) in [5.41, 5.74) is 3.20. The largest absolute Gasteiger partial charge is 0.469 e. The van der Waals surface area contributed by atoms with Crippen molar-refractivity contribution in [2.24, 2.45) is 7.05 Å². The first kappa shape index (κ1) is 27.7. The molecule has 3 rings (SSSR count). The van der Waals surface area contributed by atoms with Gasteiger partial charge in [-0.05, 0) is 68.1 Å². The van der Waals surface area contributed by atoms with E-state index < -0.39 is 9.84 Å². The Bertz CT molecular complexity index is 1350. The minimum atomic E-state index is -3.40. The number of fused-ring (bicyclic) bond motifs is 1. The Morgan fingerprint density at radius 3 is 2.39 bits per heavy atom. The molecule has 2 aromatic carbocycles. The number of nitrogens with zero attached hydrogens (tertiary/aromatic N) is 1. The van der Waals surface area contributed by atoms with E-state index in [-0.39, 0.29) is 28.6 Å². The summed E-state index contributed by atoms with van der Waals surface area (Å²) in [7, 11) is -0.212. The average Bonchev–Trinajstić information content (AvgIpc) is 3.17. The topological polar surface area (TPSA) is 94.5 Å². The third-order valence-corrected chi connectivity index (χ3v) is 8.48. The molecule has 0 spiro atoms. The number of ether oxygens (including phenoxy) is 1. The number of carbonyl (C=O) groups excluding carboxylic acids is 2. The molecule has 194 valence electrons. The molecule has 0 bridgehead atoms. The number of methoxy groups -OCH3 is 1. The number of aromatic nitrogens is 1. The second kappa shape index (κ2) is 11.9. The lowest BCUT2D eigenvalue weighted by Gasteiger charge is -2.15. The Kier molecular flexibility index (Phi) is 9.19. The van der Waals surface area contributed by atoms with Crippen LogP contribution in [0, 0.1) is 6.92 Å². The Hall–Kier alpha value is -2.84. The van der Waals surface area contributed by atoms with E-state index in [4.69, 9.17) is 11.6 Å². The van der Waals surface area contributed by atoms with Crippen molar-refractivity contribution in [3.63, 3.8) is 0 Å². The maximum atomic E-state index is 13.0. The summed E-state index contributed by atoms with van der Waals surface area (Å²) in [4.78, 5) is 24.4. The van der Waals surface area contributed by atoms with Crippen LogP contribution in [0.2, 0.25) is 5.02 Å². The molecule has 36 heavy (non-hydrogen) atoms. The summed E-state index contributed by atoms with van der Waals surface area (Å²) in [5.74, 6) is -0.427. The van der Waals surface area contributed by atoms with Gasteiger partial charge < -0.3 is 14.6 Å². The number of sulfone groups is 1. The third-order valence-electron chi connectivity index (χ3n) is 6.35. The van der Waals surface area contributed by atoms with E-state index in [9.17, 15) is 18.0 Å². The Labute approximate surface area is 217 Å². The molecule has 0 fully saturated rings.